The molecule has 6 heteroatoms. The van der Waals surface area contributed by atoms with E-state index < -0.39 is 0 Å². The van der Waals surface area contributed by atoms with Gasteiger partial charge in [0.05, 0.1) is 11.0 Å². The number of anilines is 2. The molecule has 0 amide bonds. The first-order valence-corrected chi connectivity index (χ1v) is 25.3. The molecule has 318 valence electrons. The first-order valence-electron chi connectivity index (χ1n) is 23.6. The van der Waals surface area contributed by atoms with E-state index in [0.29, 0.717) is 0 Å². The largest absolute Gasteiger partial charge is 0.456 e. The highest BCUT2D eigenvalue weighted by atomic mass is 32.1. The summed E-state index contributed by atoms with van der Waals surface area (Å²) in [6.45, 7) is 16.6. The summed E-state index contributed by atoms with van der Waals surface area (Å²) in [6.07, 6.45) is 2.41. The fourth-order valence-electron chi connectivity index (χ4n) is 12.6. The van der Waals surface area contributed by atoms with E-state index in [1.165, 1.54) is 131 Å². The van der Waals surface area contributed by atoms with Crippen molar-refractivity contribution in [3.8, 4) is 16.8 Å². The smallest absolute Gasteiger partial charge is 0.333 e. The minimum absolute atomic E-state index is 0.0347. The molecule has 1 aliphatic carbocycles. The molecule has 0 N–H and O–H groups in total. The molecular formula is C60H47BN2OS2. The second kappa shape index (κ2) is 12.4. The monoisotopic (exact) mass is 886 g/mol. The number of fused-ring (bicyclic) bond motifs is 18. The summed E-state index contributed by atoms with van der Waals surface area (Å²) in [5, 5.41) is 10.3. The van der Waals surface area contributed by atoms with Gasteiger partial charge in [-0.05, 0) is 135 Å². The zero-order valence-corrected chi connectivity index (χ0v) is 39.9. The highest BCUT2D eigenvalue weighted by Gasteiger charge is 2.45. The lowest BCUT2D eigenvalue weighted by atomic mass is 9.44. The minimum Gasteiger partial charge on any atom is -0.456 e. The number of rotatable bonds is 1. The Balaban J connectivity index is 1.10. The van der Waals surface area contributed by atoms with E-state index >= 15 is 0 Å². The number of para-hydroxylation sites is 1. The molecule has 0 bridgehead atoms. The van der Waals surface area contributed by atoms with Gasteiger partial charge in [-0.2, -0.15) is 0 Å². The SMILES string of the molecule is CC(C)(C)c1ccc(N2B3c4cc5oc6ccccc6c5cc4-n4c5cc6c(cc5c5ccc(c3c54)-c3cc4c(cc32)sc2cc3c(cc24)C(C)(C)CCC3(C)C)sc2ccccc26)cc1. The van der Waals surface area contributed by atoms with Crippen LogP contribution in [0.15, 0.2) is 138 Å². The summed E-state index contributed by atoms with van der Waals surface area (Å²) >= 11 is 3.87. The highest BCUT2D eigenvalue weighted by Crippen LogP contribution is 2.53. The molecular weight excluding hydrogens is 840 g/mol. The van der Waals surface area contributed by atoms with E-state index in [1.54, 1.807) is 0 Å². The lowest BCUT2D eigenvalue weighted by Gasteiger charge is -2.42. The molecule has 12 aromatic rings. The van der Waals surface area contributed by atoms with Gasteiger partial charge in [-0.3, -0.25) is 0 Å². The van der Waals surface area contributed by atoms with Crippen molar-refractivity contribution in [3.05, 3.63) is 150 Å². The van der Waals surface area contributed by atoms with Crippen LogP contribution in [0.5, 0.6) is 0 Å². The zero-order valence-electron chi connectivity index (χ0n) is 38.3. The van der Waals surface area contributed by atoms with Crippen molar-refractivity contribution < 1.29 is 4.42 Å². The van der Waals surface area contributed by atoms with Crippen LogP contribution < -0.4 is 15.7 Å². The molecule has 66 heavy (non-hydrogen) atoms. The van der Waals surface area contributed by atoms with Crippen molar-refractivity contribution in [2.24, 2.45) is 0 Å². The molecule has 3 aliphatic rings. The Morgan fingerprint density at radius 3 is 2.02 bits per heavy atom. The number of benzene rings is 8. The van der Waals surface area contributed by atoms with Gasteiger partial charge in [0.25, 0.3) is 0 Å². The maximum atomic E-state index is 6.79. The molecule has 2 aliphatic heterocycles. The molecule has 0 fully saturated rings. The minimum atomic E-state index is -0.108. The fraction of sp³-hybridized carbons (Fsp3) is 0.200. The van der Waals surface area contributed by atoms with Gasteiger partial charge in [0, 0.05) is 84.5 Å². The number of hydrogen-bond acceptors (Lipinski definition) is 4. The Bertz CT molecular complexity index is 4170. The lowest BCUT2D eigenvalue weighted by Crippen LogP contribution is -2.60. The summed E-state index contributed by atoms with van der Waals surface area (Å²) in [5.74, 6) is 0. The molecule has 0 spiro atoms. The van der Waals surface area contributed by atoms with E-state index in [4.69, 9.17) is 4.42 Å². The van der Waals surface area contributed by atoms with E-state index in [9.17, 15) is 0 Å². The standard InChI is InChI=1S/C60H47BN2OS2/c1-58(2,3)32-16-18-33(19-17-32)63-48-31-55-41(42-25-44-45(29-54(42)66-55)60(6,7)23-22-59(44,4)5)24-38(48)36-20-21-37-39-28-53-43(35-13-9-11-15-52(35)65-53)27-47(39)62-49-26-40-34-12-8-10-14-50(34)64-51(40)30-46(49)61(63)56(36)57(37)62/h8-21,24-31H,22-23H2,1-7H3. The van der Waals surface area contributed by atoms with Crippen LogP contribution in [-0.2, 0) is 16.2 Å². The Hall–Kier alpha value is -6.34. The molecule has 15 rings (SSSR count). The predicted octanol–water partition coefficient (Wildman–Crippen LogP) is 16.3. The zero-order chi connectivity index (χ0) is 44.3. The summed E-state index contributed by atoms with van der Waals surface area (Å²) in [4.78, 5) is 2.69. The number of aromatic nitrogens is 1. The number of furan rings is 1. The van der Waals surface area contributed by atoms with Crippen LogP contribution in [-0.4, -0.2) is 11.4 Å². The van der Waals surface area contributed by atoms with E-state index in [-0.39, 0.29) is 23.1 Å². The van der Waals surface area contributed by atoms with Crippen LogP contribution in [0.2, 0.25) is 0 Å². The maximum Gasteiger partial charge on any atom is 0.333 e. The molecule has 0 saturated carbocycles. The van der Waals surface area contributed by atoms with Crippen molar-refractivity contribution in [2.75, 3.05) is 4.81 Å². The molecule has 3 nitrogen and oxygen atoms in total. The van der Waals surface area contributed by atoms with Gasteiger partial charge in [-0.1, -0.05) is 109 Å². The Morgan fingerprint density at radius 1 is 0.530 bits per heavy atom. The van der Waals surface area contributed by atoms with Crippen LogP contribution in [0.4, 0.5) is 11.4 Å². The van der Waals surface area contributed by atoms with Crippen LogP contribution in [0.3, 0.4) is 0 Å². The first-order chi connectivity index (χ1) is 31.8. The molecule has 0 atom stereocenters. The summed E-state index contributed by atoms with van der Waals surface area (Å²) in [6, 6.07) is 51.9. The Labute approximate surface area is 392 Å². The molecule has 6 heterocycles. The summed E-state index contributed by atoms with van der Waals surface area (Å²) in [5.41, 5.74) is 18.0. The van der Waals surface area contributed by atoms with Gasteiger partial charge in [-0.25, -0.2) is 0 Å². The summed E-state index contributed by atoms with van der Waals surface area (Å²) in [7, 11) is 0. The number of thiophene rings is 2. The Morgan fingerprint density at radius 2 is 1.21 bits per heavy atom. The van der Waals surface area contributed by atoms with Crippen LogP contribution in [0.25, 0.3) is 101 Å². The highest BCUT2D eigenvalue weighted by molar-refractivity contribution is 7.26. The van der Waals surface area contributed by atoms with Crippen molar-refractivity contribution in [3.63, 3.8) is 0 Å². The third kappa shape index (κ3) is 4.84. The number of hydrogen-bond donors (Lipinski definition) is 0. The second-order valence-electron chi connectivity index (χ2n) is 21.9. The Kier molecular flexibility index (Phi) is 7.08. The molecule has 8 aromatic carbocycles. The second-order valence-corrected chi connectivity index (χ2v) is 24.1. The van der Waals surface area contributed by atoms with Gasteiger partial charge in [0.15, 0.2) is 0 Å². The predicted molar refractivity (Wildman–Crippen MR) is 287 cm³/mol. The van der Waals surface area contributed by atoms with E-state index in [2.05, 4.69) is 191 Å². The van der Waals surface area contributed by atoms with Gasteiger partial charge >= 0.3 is 6.85 Å². The average molecular weight is 887 g/mol. The van der Waals surface area contributed by atoms with Crippen molar-refractivity contribution in [2.45, 2.75) is 77.6 Å². The molecule has 0 unspecified atom stereocenters. The van der Waals surface area contributed by atoms with Crippen LogP contribution >= 0.6 is 22.7 Å². The third-order valence-electron chi connectivity index (χ3n) is 16.2. The van der Waals surface area contributed by atoms with E-state index in [0.717, 1.165) is 21.9 Å². The number of nitrogens with zero attached hydrogens (tertiary/aromatic N) is 2. The van der Waals surface area contributed by atoms with Crippen molar-refractivity contribution >= 4 is 136 Å². The third-order valence-corrected chi connectivity index (χ3v) is 18.4. The molecule has 4 aromatic heterocycles. The van der Waals surface area contributed by atoms with Gasteiger partial charge in [0.2, 0.25) is 0 Å². The molecule has 0 radical (unpaired) electrons. The quantitative estimate of drug-likeness (QED) is 0.153. The summed E-state index contributed by atoms with van der Waals surface area (Å²) < 4.78 is 14.8. The maximum absolute atomic E-state index is 6.79. The average Bonchev–Trinajstić information content (AvgIpc) is 4.05. The first kappa shape index (κ1) is 37.8. The normalized spacial score (nSPS) is 16.2. The van der Waals surface area contributed by atoms with E-state index in [1.807, 2.05) is 22.7 Å². The fourth-order valence-corrected chi connectivity index (χ4v) is 14.8. The topological polar surface area (TPSA) is 21.3 Å². The van der Waals surface area contributed by atoms with Gasteiger partial charge in [-0.15, -0.1) is 22.7 Å². The van der Waals surface area contributed by atoms with Gasteiger partial charge in [0.1, 0.15) is 11.2 Å². The van der Waals surface area contributed by atoms with Crippen molar-refractivity contribution in [1.82, 2.24) is 4.57 Å². The van der Waals surface area contributed by atoms with Crippen molar-refractivity contribution in [1.29, 1.82) is 0 Å². The lowest BCUT2D eigenvalue weighted by molar-refractivity contribution is 0.332. The van der Waals surface area contributed by atoms with Crippen LogP contribution in [0, 0.1) is 0 Å². The van der Waals surface area contributed by atoms with Gasteiger partial charge < -0.3 is 13.8 Å². The molecule has 0 saturated heterocycles. The van der Waals surface area contributed by atoms with Crippen LogP contribution in [0.1, 0.15) is 78.0 Å².